The third kappa shape index (κ3) is 5.79. The summed E-state index contributed by atoms with van der Waals surface area (Å²) in [4.78, 5) is 0. The Morgan fingerprint density at radius 2 is 1.76 bits per heavy atom. The van der Waals surface area contributed by atoms with Crippen LogP contribution in [0.4, 0.5) is 0 Å². The summed E-state index contributed by atoms with van der Waals surface area (Å²) in [6.45, 7) is 17.0. The number of hydrogen-bond acceptors (Lipinski definition) is 3. The first-order valence-corrected chi connectivity index (χ1v) is 7.89. The fraction of sp³-hybridized carbons (Fsp3) is 0.824. The molecule has 0 aliphatic heterocycles. The molecule has 0 radical (unpaired) electrons. The number of nitrogens with zero attached hydrogens (tertiary/aromatic N) is 2. The summed E-state index contributed by atoms with van der Waals surface area (Å²) < 4.78 is 7.62. The van der Waals surface area contributed by atoms with Crippen molar-refractivity contribution in [2.24, 2.45) is 0 Å². The van der Waals surface area contributed by atoms with Crippen LogP contribution in [0.5, 0.6) is 0 Å². The van der Waals surface area contributed by atoms with Gasteiger partial charge in [-0.15, -0.1) is 0 Å². The minimum atomic E-state index is -0.0970. The molecule has 0 unspecified atom stereocenters. The summed E-state index contributed by atoms with van der Waals surface area (Å²) in [5.74, 6) is 0. The highest BCUT2D eigenvalue weighted by atomic mass is 16.5. The molecule has 0 aliphatic carbocycles. The lowest BCUT2D eigenvalue weighted by atomic mass is 10.1. The van der Waals surface area contributed by atoms with Gasteiger partial charge in [-0.05, 0) is 73.4 Å². The molecule has 0 aromatic carbocycles. The van der Waals surface area contributed by atoms with Gasteiger partial charge in [-0.3, -0.25) is 4.68 Å². The zero-order valence-electron chi connectivity index (χ0n) is 15.1. The van der Waals surface area contributed by atoms with E-state index in [1.807, 2.05) is 0 Å². The minimum Gasteiger partial charge on any atom is -0.379 e. The molecule has 0 aliphatic rings. The lowest BCUT2D eigenvalue weighted by Crippen LogP contribution is -2.37. The van der Waals surface area contributed by atoms with Crippen LogP contribution in [-0.2, 0) is 17.7 Å². The van der Waals surface area contributed by atoms with Gasteiger partial charge in [-0.1, -0.05) is 0 Å². The number of hydrogen-bond donors (Lipinski definition) is 1. The third-order valence-electron chi connectivity index (χ3n) is 4.04. The molecule has 4 heteroatoms. The van der Waals surface area contributed by atoms with Crippen molar-refractivity contribution in [2.45, 2.75) is 79.0 Å². The summed E-state index contributed by atoms with van der Waals surface area (Å²) in [6, 6.07) is 0. The lowest BCUT2D eigenvalue weighted by Gasteiger charge is -2.23. The minimum absolute atomic E-state index is 0.0970. The molecule has 0 bridgehead atoms. The van der Waals surface area contributed by atoms with E-state index in [4.69, 9.17) is 9.84 Å². The monoisotopic (exact) mass is 295 g/mol. The van der Waals surface area contributed by atoms with Crippen LogP contribution in [0.3, 0.4) is 0 Å². The molecule has 4 nitrogen and oxygen atoms in total. The van der Waals surface area contributed by atoms with Gasteiger partial charge in [0.25, 0.3) is 0 Å². The van der Waals surface area contributed by atoms with E-state index in [1.165, 1.54) is 11.3 Å². The van der Waals surface area contributed by atoms with E-state index in [0.29, 0.717) is 0 Å². The van der Waals surface area contributed by atoms with Gasteiger partial charge in [-0.2, -0.15) is 5.10 Å². The van der Waals surface area contributed by atoms with Crippen molar-refractivity contribution in [3.63, 3.8) is 0 Å². The van der Waals surface area contributed by atoms with Crippen LogP contribution in [0.25, 0.3) is 0 Å². The van der Waals surface area contributed by atoms with E-state index >= 15 is 0 Å². The molecule has 0 fully saturated rings. The third-order valence-corrected chi connectivity index (χ3v) is 4.04. The maximum Gasteiger partial charge on any atom is 0.0640 e. The van der Waals surface area contributed by atoms with Crippen molar-refractivity contribution in [3.05, 3.63) is 17.0 Å². The Kier molecular flexibility index (Phi) is 6.00. The second kappa shape index (κ2) is 6.93. The number of aromatic nitrogens is 2. The largest absolute Gasteiger partial charge is 0.379 e. The quantitative estimate of drug-likeness (QED) is 0.839. The first-order chi connectivity index (χ1) is 9.56. The van der Waals surface area contributed by atoms with Crippen molar-refractivity contribution in [2.75, 3.05) is 13.7 Å². The highest BCUT2D eigenvalue weighted by Gasteiger charge is 2.18. The zero-order chi connectivity index (χ0) is 16.3. The molecule has 0 atom stereocenters. The molecule has 1 heterocycles. The highest BCUT2D eigenvalue weighted by Crippen LogP contribution is 2.18. The van der Waals surface area contributed by atoms with Crippen LogP contribution < -0.4 is 5.32 Å². The van der Waals surface area contributed by atoms with Gasteiger partial charge in [0, 0.05) is 24.9 Å². The Labute approximate surface area is 130 Å². The van der Waals surface area contributed by atoms with Crippen molar-refractivity contribution in [3.8, 4) is 0 Å². The predicted octanol–water partition coefficient (Wildman–Crippen LogP) is 3.25. The van der Waals surface area contributed by atoms with Gasteiger partial charge >= 0.3 is 0 Å². The maximum atomic E-state index is 5.49. The average molecular weight is 295 g/mol. The van der Waals surface area contributed by atoms with Crippen LogP contribution in [0.2, 0.25) is 0 Å². The molecule has 0 saturated carbocycles. The van der Waals surface area contributed by atoms with Gasteiger partial charge in [0.1, 0.15) is 0 Å². The summed E-state index contributed by atoms with van der Waals surface area (Å²) in [5.41, 5.74) is 3.89. The van der Waals surface area contributed by atoms with E-state index < -0.39 is 0 Å². The number of aryl methyl sites for hydroxylation is 2. The van der Waals surface area contributed by atoms with Crippen LogP contribution in [0.1, 0.15) is 58.0 Å². The molecule has 0 amide bonds. The first kappa shape index (κ1) is 18.2. The van der Waals surface area contributed by atoms with E-state index in [2.05, 4.69) is 58.5 Å². The van der Waals surface area contributed by atoms with Crippen LogP contribution in [0, 0.1) is 13.8 Å². The Hall–Kier alpha value is -0.870. The molecule has 1 aromatic heterocycles. The van der Waals surface area contributed by atoms with E-state index in [9.17, 15) is 0 Å². The zero-order valence-corrected chi connectivity index (χ0v) is 15.1. The molecule has 21 heavy (non-hydrogen) atoms. The van der Waals surface area contributed by atoms with Crippen LogP contribution in [-0.4, -0.2) is 34.6 Å². The van der Waals surface area contributed by atoms with E-state index in [0.717, 1.165) is 31.6 Å². The maximum absolute atomic E-state index is 5.49. The van der Waals surface area contributed by atoms with Crippen molar-refractivity contribution < 1.29 is 4.74 Å². The molecular weight excluding hydrogens is 262 g/mol. The topological polar surface area (TPSA) is 39.1 Å². The molecule has 0 saturated heterocycles. The summed E-state index contributed by atoms with van der Waals surface area (Å²) >= 11 is 0. The van der Waals surface area contributed by atoms with Gasteiger partial charge in [0.15, 0.2) is 0 Å². The molecule has 0 spiro atoms. The Balaban J connectivity index is 2.67. The van der Waals surface area contributed by atoms with Gasteiger partial charge in [0.05, 0.1) is 11.3 Å². The fourth-order valence-corrected chi connectivity index (χ4v) is 2.35. The number of nitrogens with one attached hydrogen (secondary N) is 1. The Morgan fingerprint density at radius 1 is 1.14 bits per heavy atom. The summed E-state index contributed by atoms with van der Waals surface area (Å²) in [5, 5.41) is 8.24. The number of ether oxygens (including phenoxy) is 1. The second-order valence-electron chi connectivity index (χ2n) is 7.51. The summed E-state index contributed by atoms with van der Waals surface area (Å²) in [7, 11) is 1.77. The van der Waals surface area contributed by atoms with Crippen molar-refractivity contribution >= 4 is 0 Å². The Bertz CT molecular complexity index is 455. The lowest BCUT2D eigenvalue weighted by molar-refractivity contribution is 0.0112. The molecular formula is C17H33N3O. The first-order valence-electron chi connectivity index (χ1n) is 7.89. The highest BCUT2D eigenvalue weighted by molar-refractivity contribution is 5.24. The average Bonchev–Trinajstić information content (AvgIpc) is 2.62. The molecule has 1 aromatic rings. The Morgan fingerprint density at radius 3 is 2.29 bits per heavy atom. The normalized spacial score (nSPS) is 13.0. The molecule has 122 valence electrons. The second-order valence-corrected chi connectivity index (χ2v) is 7.51. The standard InChI is InChI=1S/C17H33N3O/c1-13-15(9-11-18-16(3,4)5)14(2)20(19-13)12-10-17(6,7)21-8/h18H,9-12H2,1-8H3. The number of rotatable bonds is 7. The van der Waals surface area contributed by atoms with Crippen LogP contribution in [0.15, 0.2) is 0 Å². The van der Waals surface area contributed by atoms with Gasteiger partial charge < -0.3 is 10.1 Å². The van der Waals surface area contributed by atoms with Crippen LogP contribution >= 0.6 is 0 Å². The van der Waals surface area contributed by atoms with E-state index in [-0.39, 0.29) is 11.1 Å². The molecule has 1 N–H and O–H groups in total. The fourth-order valence-electron chi connectivity index (χ4n) is 2.35. The van der Waals surface area contributed by atoms with Crippen molar-refractivity contribution in [1.29, 1.82) is 0 Å². The smallest absolute Gasteiger partial charge is 0.0640 e. The van der Waals surface area contributed by atoms with Crippen molar-refractivity contribution in [1.82, 2.24) is 15.1 Å². The SMILES string of the molecule is COC(C)(C)CCn1nc(C)c(CCNC(C)(C)C)c1C. The van der Waals surface area contributed by atoms with E-state index in [1.54, 1.807) is 7.11 Å². The molecule has 1 rings (SSSR count). The van der Waals surface area contributed by atoms with Gasteiger partial charge in [0.2, 0.25) is 0 Å². The van der Waals surface area contributed by atoms with Gasteiger partial charge in [-0.25, -0.2) is 0 Å². The summed E-state index contributed by atoms with van der Waals surface area (Å²) in [6.07, 6.45) is 1.99. The number of methoxy groups -OCH3 is 1. The predicted molar refractivity (Wildman–Crippen MR) is 88.9 cm³/mol.